The molecule has 1 aromatic carbocycles. The molecule has 1 saturated heterocycles. The highest BCUT2D eigenvalue weighted by molar-refractivity contribution is 5.64. The number of fused-ring (bicyclic) bond motifs is 1. The van der Waals surface area contributed by atoms with Crippen molar-refractivity contribution in [2.24, 2.45) is 5.92 Å². The summed E-state index contributed by atoms with van der Waals surface area (Å²) in [5.41, 5.74) is 6.11. The number of nitrogens with one attached hydrogen (secondary N) is 1. The molecule has 5 nitrogen and oxygen atoms in total. The Morgan fingerprint density at radius 3 is 3.00 bits per heavy atom. The Bertz CT molecular complexity index is 822. The summed E-state index contributed by atoms with van der Waals surface area (Å²) in [5, 5.41) is 7.13. The Hall–Kier alpha value is -1.69. The molecule has 2 heterocycles. The number of hydrogen-bond acceptors (Lipinski definition) is 4. The Labute approximate surface area is 173 Å². The minimum Gasteiger partial charge on any atom is -0.382 e. The van der Waals surface area contributed by atoms with Crippen molar-refractivity contribution in [3.8, 4) is 11.1 Å². The van der Waals surface area contributed by atoms with E-state index in [9.17, 15) is 0 Å². The summed E-state index contributed by atoms with van der Waals surface area (Å²) < 4.78 is 10.9. The van der Waals surface area contributed by atoms with Crippen LogP contribution in [0.2, 0.25) is 0 Å². The average Bonchev–Trinajstić information content (AvgIpc) is 3.30. The van der Waals surface area contributed by atoms with Gasteiger partial charge in [-0.2, -0.15) is 5.10 Å². The number of methoxy groups -OCH3 is 1. The number of aromatic amines is 1. The third-order valence-corrected chi connectivity index (χ3v) is 7.74. The lowest BCUT2D eigenvalue weighted by Gasteiger charge is -2.59. The number of aromatic nitrogens is 2. The molecule has 0 amide bonds. The average molecular weight is 396 g/mol. The van der Waals surface area contributed by atoms with Crippen LogP contribution in [0.25, 0.3) is 11.1 Å². The fourth-order valence-electron chi connectivity index (χ4n) is 6.38. The first-order valence-corrected chi connectivity index (χ1v) is 11.2. The second-order valence-electron chi connectivity index (χ2n) is 9.03. The molecule has 156 valence electrons. The lowest BCUT2D eigenvalue weighted by Crippen LogP contribution is -2.61. The van der Waals surface area contributed by atoms with Gasteiger partial charge in [-0.1, -0.05) is 31.0 Å². The number of ether oxygens (including phenoxy) is 2. The molecular formula is C24H33N3O2. The van der Waals surface area contributed by atoms with Crippen LogP contribution < -0.4 is 0 Å². The summed E-state index contributed by atoms with van der Waals surface area (Å²) in [7, 11) is 1.73. The molecule has 5 heteroatoms. The van der Waals surface area contributed by atoms with E-state index in [1.165, 1.54) is 56.2 Å². The highest BCUT2D eigenvalue weighted by atomic mass is 16.5. The molecular weight excluding hydrogens is 362 g/mol. The zero-order valence-corrected chi connectivity index (χ0v) is 17.5. The van der Waals surface area contributed by atoms with E-state index in [4.69, 9.17) is 9.47 Å². The highest BCUT2D eigenvalue weighted by Crippen LogP contribution is 2.56. The lowest BCUT2D eigenvalue weighted by molar-refractivity contribution is -0.0274. The number of piperidine rings is 1. The zero-order valence-electron chi connectivity index (χ0n) is 17.5. The first-order chi connectivity index (χ1) is 14.3. The standard InChI is InChI=1S/C24H33N3O2/c1-28-12-13-29-11-10-27-9-8-24-7-3-2-4-21(24)23(27)15-19-6-5-18(14-22(19)24)20-16-25-26-17-20/h5-6,14,16-17,21,23H,2-4,7-13,15H2,1H3,(H,25,26)/t21-,23+,24+/m0/s1. The molecule has 1 aromatic heterocycles. The number of benzene rings is 1. The van der Waals surface area contributed by atoms with Gasteiger partial charge in [0.05, 0.1) is 26.0 Å². The van der Waals surface area contributed by atoms with Crippen molar-refractivity contribution in [3.63, 3.8) is 0 Å². The summed E-state index contributed by atoms with van der Waals surface area (Å²) >= 11 is 0. The number of nitrogens with zero attached hydrogens (tertiary/aromatic N) is 2. The van der Waals surface area contributed by atoms with Crippen LogP contribution in [0, 0.1) is 5.92 Å². The van der Waals surface area contributed by atoms with E-state index in [0.29, 0.717) is 24.7 Å². The predicted molar refractivity (Wildman–Crippen MR) is 114 cm³/mol. The van der Waals surface area contributed by atoms with Gasteiger partial charge in [0.15, 0.2) is 0 Å². The molecule has 1 N–H and O–H groups in total. The van der Waals surface area contributed by atoms with Gasteiger partial charge >= 0.3 is 0 Å². The molecule has 2 bridgehead atoms. The van der Waals surface area contributed by atoms with E-state index >= 15 is 0 Å². The van der Waals surface area contributed by atoms with Gasteiger partial charge in [0.25, 0.3) is 0 Å². The third-order valence-electron chi connectivity index (χ3n) is 7.74. The van der Waals surface area contributed by atoms with Crippen LogP contribution in [-0.4, -0.2) is 61.2 Å². The van der Waals surface area contributed by atoms with E-state index in [0.717, 1.165) is 19.1 Å². The minimum absolute atomic E-state index is 0.379. The van der Waals surface area contributed by atoms with E-state index in [1.54, 1.807) is 18.2 Å². The van der Waals surface area contributed by atoms with Crippen molar-refractivity contribution in [2.75, 3.05) is 40.0 Å². The first kappa shape index (κ1) is 19.3. The predicted octanol–water partition coefficient (Wildman–Crippen LogP) is 3.80. The second kappa shape index (κ2) is 8.21. The van der Waals surface area contributed by atoms with Crippen molar-refractivity contribution in [3.05, 3.63) is 41.7 Å². The van der Waals surface area contributed by atoms with Crippen molar-refractivity contribution in [2.45, 2.75) is 50.0 Å². The maximum absolute atomic E-state index is 5.80. The topological polar surface area (TPSA) is 50.4 Å². The lowest BCUT2D eigenvalue weighted by atomic mass is 9.52. The van der Waals surface area contributed by atoms with Crippen molar-refractivity contribution in [1.82, 2.24) is 15.1 Å². The van der Waals surface area contributed by atoms with Crippen LogP contribution >= 0.6 is 0 Å². The van der Waals surface area contributed by atoms with Gasteiger partial charge in [-0.05, 0) is 54.8 Å². The molecule has 29 heavy (non-hydrogen) atoms. The maximum atomic E-state index is 5.80. The van der Waals surface area contributed by atoms with Gasteiger partial charge in [0, 0.05) is 36.9 Å². The van der Waals surface area contributed by atoms with Crippen LogP contribution in [0.4, 0.5) is 0 Å². The highest BCUT2D eigenvalue weighted by Gasteiger charge is 2.53. The van der Waals surface area contributed by atoms with Gasteiger partial charge in [0.1, 0.15) is 0 Å². The zero-order chi connectivity index (χ0) is 19.7. The van der Waals surface area contributed by atoms with E-state index < -0.39 is 0 Å². The number of hydrogen-bond donors (Lipinski definition) is 1. The molecule has 2 aromatic rings. The Kier molecular flexibility index (Phi) is 5.46. The molecule has 0 spiro atoms. The first-order valence-electron chi connectivity index (χ1n) is 11.2. The van der Waals surface area contributed by atoms with E-state index in [-0.39, 0.29) is 0 Å². The quantitative estimate of drug-likeness (QED) is 0.725. The Morgan fingerprint density at radius 1 is 1.17 bits per heavy atom. The molecule has 0 unspecified atom stereocenters. The van der Waals surface area contributed by atoms with Crippen LogP contribution in [-0.2, 0) is 21.3 Å². The van der Waals surface area contributed by atoms with Gasteiger partial charge < -0.3 is 9.47 Å². The monoisotopic (exact) mass is 395 g/mol. The van der Waals surface area contributed by atoms with E-state index in [2.05, 4.69) is 33.3 Å². The molecule has 5 rings (SSSR count). The summed E-state index contributed by atoms with van der Waals surface area (Å²) in [5.74, 6) is 0.788. The fourth-order valence-corrected chi connectivity index (χ4v) is 6.38. The third kappa shape index (κ3) is 3.43. The number of rotatable bonds is 7. The van der Waals surface area contributed by atoms with Crippen LogP contribution in [0.3, 0.4) is 0 Å². The molecule has 1 saturated carbocycles. The Morgan fingerprint density at radius 2 is 2.14 bits per heavy atom. The van der Waals surface area contributed by atoms with Gasteiger partial charge in [-0.15, -0.1) is 0 Å². The Balaban J connectivity index is 1.41. The largest absolute Gasteiger partial charge is 0.382 e. The maximum Gasteiger partial charge on any atom is 0.0700 e. The fraction of sp³-hybridized carbons (Fsp3) is 0.625. The molecule has 1 aliphatic heterocycles. The van der Waals surface area contributed by atoms with Crippen molar-refractivity contribution >= 4 is 0 Å². The van der Waals surface area contributed by atoms with Crippen LogP contribution in [0.5, 0.6) is 0 Å². The number of likely N-dealkylation sites (tertiary alicyclic amines) is 1. The van der Waals surface area contributed by atoms with E-state index in [1.807, 2.05) is 12.4 Å². The minimum atomic E-state index is 0.379. The molecule has 3 atom stereocenters. The van der Waals surface area contributed by atoms with Gasteiger partial charge in [-0.3, -0.25) is 10.00 Å². The smallest absolute Gasteiger partial charge is 0.0700 e. The summed E-state index contributed by atoms with van der Waals surface area (Å²) in [6.07, 6.45) is 11.9. The summed E-state index contributed by atoms with van der Waals surface area (Å²) in [4.78, 5) is 2.73. The van der Waals surface area contributed by atoms with Crippen molar-refractivity contribution < 1.29 is 9.47 Å². The van der Waals surface area contributed by atoms with Crippen LogP contribution in [0.15, 0.2) is 30.6 Å². The van der Waals surface area contributed by atoms with Crippen LogP contribution in [0.1, 0.15) is 43.2 Å². The summed E-state index contributed by atoms with van der Waals surface area (Å²) in [6, 6.07) is 7.85. The van der Waals surface area contributed by atoms with Gasteiger partial charge in [-0.25, -0.2) is 0 Å². The SMILES string of the molecule is COCCOCCN1CC[C@]23CCCC[C@H]2[C@H]1Cc1ccc(-c2cn[nH]c2)cc13. The number of H-pyrrole nitrogens is 1. The normalized spacial score (nSPS) is 28.7. The van der Waals surface area contributed by atoms with Gasteiger partial charge in [0.2, 0.25) is 0 Å². The molecule has 2 aliphatic carbocycles. The molecule has 2 fully saturated rings. The second-order valence-corrected chi connectivity index (χ2v) is 9.03. The summed E-state index contributed by atoms with van der Waals surface area (Å²) in [6.45, 7) is 4.43. The molecule has 3 aliphatic rings. The van der Waals surface area contributed by atoms with Crippen molar-refractivity contribution in [1.29, 1.82) is 0 Å². The molecule has 0 radical (unpaired) electrons.